The zero-order valence-corrected chi connectivity index (χ0v) is 19.0. The molecule has 3 fully saturated rings. The molecule has 3 aliphatic rings. The molecule has 0 radical (unpaired) electrons. The molecule has 1 aromatic carbocycles. The van der Waals surface area contributed by atoms with Crippen molar-refractivity contribution in [2.24, 2.45) is 11.3 Å². The molecule has 4 N–H and O–H groups in total. The van der Waals surface area contributed by atoms with Gasteiger partial charge in [0, 0.05) is 11.5 Å². The second-order valence-electron chi connectivity index (χ2n) is 9.92. The highest BCUT2D eigenvalue weighted by Gasteiger charge is 2.59. The molecule has 4 rings (SSSR count). The Bertz CT molecular complexity index is 952. The van der Waals surface area contributed by atoms with Gasteiger partial charge in [0.25, 0.3) is 0 Å². The summed E-state index contributed by atoms with van der Waals surface area (Å²) in [7, 11) is 0. The monoisotopic (exact) mass is 488 g/mol. The van der Waals surface area contributed by atoms with E-state index in [1.165, 1.54) is 6.92 Å². The number of hydrogen-bond acceptors (Lipinski definition) is 4. The molecule has 2 amide bonds. The predicted octanol–water partition coefficient (Wildman–Crippen LogP) is 3.08. The first-order chi connectivity index (χ1) is 15.4. The van der Waals surface area contributed by atoms with Crippen LogP contribution in [0.15, 0.2) is 12.1 Å². The number of alkyl halides is 1. The third-order valence-corrected chi connectivity index (χ3v) is 7.98. The first kappa shape index (κ1) is 24.3. The van der Waals surface area contributed by atoms with Crippen molar-refractivity contribution in [3.63, 3.8) is 0 Å². The molecule has 3 aliphatic carbocycles. The van der Waals surface area contributed by atoms with E-state index in [1.807, 2.05) is 0 Å². The maximum Gasteiger partial charge on any atom is 0.248 e. The van der Waals surface area contributed by atoms with Gasteiger partial charge in [-0.15, -0.1) is 0 Å². The number of carbonyl (C=O) groups is 2. The van der Waals surface area contributed by atoms with E-state index in [0.717, 1.165) is 12.1 Å². The predicted molar refractivity (Wildman–Crippen MR) is 114 cm³/mol. The van der Waals surface area contributed by atoms with E-state index >= 15 is 4.39 Å². The number of amides is 2. The first-order valence-electron chi connectivity index (χ1n) is 11.2. The molecule has 0 saturated heterocycles. The molecule has 0 spiro atoms. The molecular weight excluding hydrogens is 461 g/mol. The summed E-state index contributed by atoms with van der Waals surface area (Å²) in [6.45, 7) is 1.28. The zero-order chi connectivity index (χ0) is 24.1. The Hall–Kier alpha value is -1.84. The van der Waals surface area contributed by atoms with Gasteiger partial charge in [0.15, 0.2) is 0 Å². The number of benzene rings is 1. The maximum absolute atomic E-state index is 15.0. The fourth-order valence-electron chi connectivity index (χ4n) is 5.86. The summed E-state index contributed by atoms with van der Waals surface area (Å²) in [6, 6.07) is 0.268. The van der Waals surface area contributed by atoms with Gasteiger partial charge in [-0.25, -0.2) is 13.2 Å². The number of nitrogens with one attached hydrogen (secondary N) is 2. The molecule has 33 heavy (non-hydrogen) atoms. The lowest BCUT2D eigenvalue weighted by atomic mass is 9.74. The summed E-state index contributed by atoms with van der Waals surface area (Å²) >= 11 is 5.92. The Kier molecular flexibility index (Phi) is 6.44. The van der Waals surface area contributed by atoms with Gasteiger partial charge in [0.05, 0.1) is 23.2 Å². The highest BCUT2D eigenvalue weighted by molar-refractivity contribution is 6.30. The van der Waals surface area contributed by atoms with E-state index in [4.69, 9.17) is 11.6 Å². The molecule has 0 aliphatic heterocycles. The molecule has 0 heterocycles. The number of hydrogen-bond donors (Lipinski definition) is 4. The highest BCUT2D eigenvalue weighted by atomic mass is 35.5. The number of aliphatic hydroxyl groups is 2. The van der Waals surface area contributed by atoms with E-state index < -0.39 is 64.7 Å². The van der Waals surface area contributed by atoms with Crippen LogP contribution in [0.5, 0.6) is 0 Å². The lowest BCUT2D eigenvalue weighted by molar-refractivity contribution is -0.130. The van der Waals surface area contributed by atoms with E-state index in [0.29, 0.717) is 12.8 Å². The van der Waals surface area contributed by atoms with Crippen molar-refractivity contribution in [3.05, 3.63) is 34.4 Å². The van der Waals surface area contributed by atoms with Crippen molar-refractivity contribution in [1.82, 2.24) is 10.6 Å². The lowest BCUT2D eigenvalue weighted by Gasteiger charge is -2.37. The van der Waals surface area contributed by atoms with Crippen LogP contribution in [-0.2, 0) is 9.59 Å². The van der Waals surface area contributed by atoms with Crippen LogP contribution < -0.4 is 10.6 Å². The minimum Gasteiger partial charge on any atom is -0.391 e. The fraction of sp³-hybridized carbons (Fsp3) is 0.652. The van der Waals surface area contributed by atoms with Crippen molar-refractivity contribution in [2.45, 2.75) is 81.8 Å². The molecule has 5 atom stereocenters. The van der Waals surface area contributed by atoms with Crippen LogP contribution in [0.1, 0.15) is 63.5 Å². The topological polar surface area (TPSA) is 98.7 Å². The Morgan fingerprint density at radius 2 is 1.85 bits per heavy atom. The summed E-state index contributed by atoms with van der Waals surface area (Å²) in [5.74, 6) is -3.79. The van der Waals surface area contributed by atoms with Gasteiger partial charge in [-0.1, -0.05) is 11.6 Å². The van der Waals surface area contributed by atoms with Crippen molar-refractivity contribution in [2.75, 3.05) is 0 Å². The molecule has 10 heteroatoms. The standard InChI is InChI=1S/C23H28ClF3N2O4/c1-11(30)20(32)28-15-8-12(9-16(15)31)21(33)29-19(17-14(25)3-2-13(24)18(17)26)22-4-6-23(27,10-22)7-5-22/h2-3,11-12,15-16,19,30-31H,4-10H2,1H3,(H,28,32)(H,29,33)/t11-,12-,15+,16-,19-,22?,23?/m1/s1. The van der Waals surface area contributed by atoms with Crippen molar-refractivity contribution < 1.29 is 33.0 Å². The van der Waals surface area contributed by atoms with E-state index in [-0.39, 0.29) is 42.7 Å². The minimum absolute atomic E-state index is 0.0316. The minimum atomic E-state index is -1.41. The average molecular weight is 489 g/mol. The summed E-state index contributed by atoms with van der Waals surface area (Å²) < 4.78 is 44.9. The number of fused-ring (bicyclic) bond motifs is 2. The first-order valence-corrected chi connectivity index (χ1v) is 11.6. The zero-order valence-electron chi connectivity index (χ0n) is 18.2. The molecular formula is C23H28ClF3N2O4. The molecule has 2 bridgehead atoms. The molecule has 0 aromatic heterocycles. The average Bonchev–Trinajstić information content (AvgIpc) is 3.41. The molecule has 0 unspecified atom stereocenters. The molecule has 3 saturated carbocycles. The number of aliphatic hydroxyl groups excluding tert-OH is 2. The van der Waals surface area contributed by atoms with Crippen LogP contribution >= 0.6 is 11.6 Å². The van der Waals surface area contributed by atoms with Gasteiger partial charge in [-0.05, 0) is 69.4 Å². The Labute approximate surface area is 194 Å². The Balaban J connectivity index is 1.59. The van der Waals surface area contributed by atoms with Crippen LogP contribution in [0.3, 0.4) is 0 Å². The third-order valence-electron chi connectivity index (χ3n) is 7.68. The summed E-state index contributed by atoms with van der Waals surface area (Å²) in [5.41, 5.74) is -2.62. The van der Waals surface area contributed by atoms with Crippen molar-refractivity contribution >= 4 is 23.4 Å². The van der Waals surface area contributed by atoms with Crippen LogP contribution in [0.2, 0.25) is 5.02 Å². The summed E-state index contributed by atoms with van der Waals surface area (Å²) in [4.78, 5) is 25.0. The number of rotatable bonds is 6. The van der Waals surface area contributed by atoms with E-state index in [2.05, 4.69) is 10.6 Å². The van der Waals surface area contributed by atoms with Crippen LogP contribution in [0.4, 0.5) is 13.2 Å². The second-order valence-corrected chi connectivity index (χ2v) is 10.3. The summed E-state index contributed by atoms with van der Waals surface area (Å²) in [6.07, 6.45) is -0.791. The van der Waals surface area contributed by atoms with Gasteiger partial charge < -0.3 is 20.8 Å². The van der Waals surface area contributed by atoms with Crippen LogP contribution in [0.25, 0.3) is 0 Å². The molecule has 6 nitrogen and oxygen atoms in total. The largest absolute Gasteiger partial charge is 0.391 e. The maximum atomic E-state index is 15.0. The smallest absolute Gasteiger partial charge is 0.248 e. The normalized spacial score (nSPS) is 34.8. The van der Waals surface area contributed by atoms with E-state index in [1.54, 1.807) is 0 Å². The van der Waals surface area contributed by atoms with Crippen molar-refractivity contribution in [1.29, 1.82) is 0 Å². The van der Waals surface area contributed by atoms with E-state index in [9.17, 15) is 28.6 Å². The van der Waals surface area contributed by atoms with Crippen LogP contribution in [0, 0.1) is 23.0 Å². The molecule has 1 aromatic rings. The fourth-order valence-corrected chi connectivity index (χ4v) is 6.02. The summed E-state index contributed by atoms with van der Waals surface area (Å²) in [5, 5.41) is 24.7. The quantitative estimate of drug-likeness (QED) is 0.462. The van der Waals surface area contributed by atoms with Crippen LogP contribution in [-0.4, -0.2) is 45.9 Å². The van der Waals surface area contributed by atoms with Gasteiger partial charge in [0.1, 0.15) is 23.4 Å². The third kappa shape index (κ3) is 4.47. The lowest BCUT2D eigenvalue weighted by Crippen LogP contribution is -2.44. The number of halogens is 4. The SMILES string of the molecule is C[C@@H](O)C(=O)N[C@H]1C[C@@H](C(=O)N[C@H](c2c(F)ccc(Cl)c2F)C23CCC(F)(CC2)C3)C[C@H]1O. The second kappa shape index (κ2) is 8.74. The van der Waals surface area contributed by atoms with Crippen molar-refractivity contribution in [3.8, 4) is 0 Å². The van der Waals surface area contributed by atoms with Gasteiger partial charge >= 0.3 is 0 Å². The Morgan fingerprint density at radius 1 is 1.18 bits per heavy atom. The number of carbonyl (C=O) groups excluding carboxylic acids is 2. The molecule has 182 valence electrons. The highest BCUT2D eigenvalue weighted by Crippen LogP contribution is 2.63. The Morgan fingerprint density at radius 3 is 2.42 bits per heavy atom. The van der Waals surface area contributed by atoms with Gasteiger partial charge in [0.2, 0.25) is 11.8 Å². The van der Waals surface area contributed by atoms with Gasteiger partial charge in [-0.2, -0.15) is 0 Å². The van der Waals surface area contributed by atoms with Gasteiger partial charge in [-0.3, -0.25) is 9.59 Å².